The summed E-state index contributed by atoms with van der Waals surface area (Å²) in [4.78, 5) is 12.0. The highest BCUT2D eigenvalue weighted by atomic mass is 35.5. The molecular formula is C14H17Cl2NO3. The first-order valence-corrected chi connectivity index (χ1v) is 7.04. The van der Waals surface area contributed by atoms with Crippen molar-refractivity contribution in [2.75, 3.05) is 13.7 Å². The first-order chi connectivity index (χ1) is 9.30. The van der Waals surface area contributed by atoms with Crippen molar-refractivity contribution >= 4 is 29.1 Å². The first kappa shape index (κ1) is 15.4. The SMILES string of the molecule is COc1cccc([C@H](O)CNC(=O)[C@@]2(C)CC2(Cl)Cl)c1. The van der Waals surface area contributed by atoms with E-state index in [4.69, 9.17) is 27.9 Å². The van der Waals surface area contributed by atoms with E-state index in [0.29, 0.717) is 17.7 Å². The second-order valence-electron chi connectivity index (χ2n) is 5.22. The molecule has 0 saturated heterocycles. The molecule has 110 valence electrons. The second kappa shape index (κ2) is 5.43. The van der Waals surface area contributed by atoms with Gasteiger partial charge in [-0.3, -0.25) is 4.79 Å². The van der Waals surface area contributed by atoms with Crippen molar-refractivity contribution in [2.45, 2.75) is 23.8 Å². The highest BCUT2D eigenvalue weighted by Crippen LogP contribution is 2.63. The molecule has 1 fully saturated rings. The molecule has 0 unspecified atom stereocenters. The monoisotopic (exact) mass is 317 g/mol. The Bertz CT molecular complexity index is 521. The summed E-state index contributed by atoms with van der Waals surface area (Å²) in [5.41, 5.74) is -0.0990. The quantitative estimate of drug-likeness (QED) is 0.820. The zero-order valence-corrected chi connectivity index (χ0v) is 12.8. The number of hydrogen-bond acceptors (Lipinski definition) is 3. The molecule has 0 radical (unpaired) electrons. The van der Waals surface area contributed by atoms with Crippen LogP contribution >= 0.6 is 23.2 Å². The minimum absolute atomic E-state index is 0.103. The Balaban J connectivity index is 1.92. The maximum Gasteiger partial charge on any atom is 0.229 e. The number of nitrogens with one attached hydrogen (secondary N) is 1. The molecule has 1 aromatic carbocycles. The number of ether oxygens (including phenoxy) is 1. The maximum absolute atomic E-state index is 12.0. The van der Waals surface area contributed by atoms with Crippen LogP contribution in [0.1, 0.15) is 25.0 Å². The van der Waals surface area contributed by atoms with E-state index in [1.54, 1.807) is 38.3 Å². The van der Waals surface area contributed by atoms with E-state index < -0.39 is 15.9 Å². The van der Waals surface area contributed by atoms with Crippen molar-refractivity contribution in [2.24, 2.45) is 5.41 Å². The van der Waals surface area contributed by atoms with Crippen LogP contribution in [0.5, 0.6) is 5.75 Å². The van der Waals surface area contributed by atoms with Crippen molar-refractivity contribution in [3.05, 3.63) is 29.8 Å². The number of methoxy groups -OCH3 is 1. The predicted octanol–water partition coefficient (Wildman–Crippen LogP) is 2.43. The number of aliphatic hydroxyl groups is 1. The number of benzene rings is 1. The summed E-state index contributed by atoms with van der Waals surface area (Å²) < 4.78 is 4.09. The van der Waals surface area contributed by atoms with Gasteiger partial charge in [-0.1, -0.05) is 12.1 Å². The van der Waals surface area contributed by atoms with Crippen molar-refractivity contribution in [1.29, 1.82) is 0 Å². The largest absolute Gasteiger partial charge is 0.497 e. The van der Waals surface area contributed by atoms with E-state index in [1.807, 2.05) is 0 Å². The molecule has 2 atom stereocenters. The van der Waals surface area contributed by atoms with Crippen LogP contribution in [-0.4, -0.2) is 29.0 Å². The van der Waals surface area contributed by atoms with Gasteiger partial charge < -0.3 is 15.2 Å². The van der Waals surface area contributed by atoms with Gasteiger partial charge in [-0.25, -0.2) is 0 Å². The molecule has 20 heavy (non-hydrogen) atoms. The summed E-state index contributed by atoms with van der Waals surface area (Å²) >= 11 is 11.9. The van der Waals surface area contributed by atoms with E-state index in [1.165, 1.54) is 0 Å². The summed E-state index contributed by atoms with van der Waals surface area (Å²) in [5.74, 6) is 0.409. The Labute approximate surface area is 128 Å². The van der Waals surface area contributed by atoms with Crippen LogP contribution < -0.4 is 10.1 Å². The Morgan fingerprint density at radius 3 is 2.75 bits per heavy atom. The summed E-state index contributed by atoms with van der Waals surface area (Å²) in [6, 6.07) is 7.06. The Kier molecular flexibility index (Phi) is 4.19. The molecule has 1 saturated carbocycles. The Morgan fingerprint density at radius 1 is 1.55 bits per heavy atom. The average Bonchev–Trinajstić information content (AvgIpc) is 2.96. The molecular weight excluding hydrogens is 301 g/mol. The molecule has 0 bridgehead atoms. The fourth-order valence-electron chi connectivity index (χ4n) is 2.00. The average molecular weight is 318 g/mol. The fourth-order valence-corrected chi connectivity index (χ4v) is 2.70. The highest BCUT2D eigenvalue weighted by molar-refractivity contribution is 6.53. The van der Waals surface area contributed by atoms with Crippen LogP contribution in [0.3, 0.4) is 0 Å². The van der Waals surface area contributed by atoms with E-state index >= 15 is 0 Å². The summed E-state index contributed by atoms with van der Waals surface area (Å²) in [6.45, 7) is 1.81. The van der Waals surface area contributed by atoms with Gasteiger partial charge in [0.25, 0.3) is 0 Å². The maximum atomic E-state index is 12.0. The van der Waals surface area contributed by atoms with Gasteiger partial charge in [-0.05, 0) is 31.0 Å². The zero-order valence-electron chi connectivity index (χ0n) is 11.3. The van der Waals surface area contributed by atoms with E-state index in [2.05, 4.69) is 5.32 Å². The van der Waals surface area contributed by atoms with Gasteiger partial charge in [0.05, 0.1) is 18.6 Å². The number of carbonyl (C=O) groups is 1. The molecule has 4 nitrogen and oxygen atoms in total. The number of hydrogen-bond donors (Lipinski definition) is 2. The molecule has 0 aromatic heterocycles. The lowest BCUT2D eigenvalue weighted by atomic mass is 10.1. The molecule has 0 aliphatic heterocycles. The van der Waals surface area contributed by atoms with Crippen LogP contribution in [0.2, 0.25) is 0 Å². The van der Waals surface area contributed by atoms with Gasteiger partial charge in [-0.15, -0.1) is 23.2 Å². The van der Waals surface area contributed by atoms with E-state index in [-0.39, 0.29) is 12.5 Å². The molecule has 2 N–H and O–H groups in total. The van der Waals surface area contributed by atoms with Gasteiger partial charge in [0.15, 0.2) is 0 Å². The van der Waals surface area contributed by atoms with Crippen molar-refractivity contribution in [3.63, 3.8) is 0 Å². The molecule has 2 rings (SSSR count). The number of alkyl halides is 2. The van der Waals surface area contributed by atoms with Gasteiger partial charge in [-0.2, -0.15) is 0 Å². The molecule has 1 amide bonds. The first-order valence-electron chi connectivity index (χ1n) is 6.28. The Hall–Kier alpha value is -0.970. The molecule has 1 aliphatic rings. The van der Waals surface area contributed by atoms with Crippen LogP contribution in [-0.2, 0) is 4.79 Å². The lowest BCUT2D eigenvalue weighted by Gasteiger charge is -2.16. The molecule has 0 spiro atoms. The highest BCUT2D eigenvalue weighted by Gasteiger charge is 2.67. The smallest absolute Gasteiger partial charge is 0.229 e. The summed E-state index contributed by atoms with van der Waals surface area (Å²) in [7, 11) is 1.56. The zero-order chi connectivity index (χ0) is 15.0. The normalized spacial score (nSPS) is 24.9. The van der Waals surface area contributed by atoms with Crippen LogP contribution in [0.4, 0.5) is 0 Å². The van der Waals surface area contributed by atoms with Gasteiger partial charge in [0, 0.05) is 6.54 Å². The third kappa shape index (κ3) is 2.87. The molecule has 1 aromatic rings. The Morgan fingerprint density at radius 2 is 2.20 bits per heavy atom. The van der Waals surface area contributed by atoms with Crippen molar-refractivity contribution in [1.82, 2.24) is 5.32 Å². The lowest BCUT2D eigenvalue weighted by molar-refractivity contribution is -0.126. The third-order valence-electron chi connectivity index (χ3n) is 3.69. The molecule has 0 heterocycles. The number of rotatable bonds is 5. The third-order valence-corrected chi connectivity index (χ3v) is 4.79. The van der Waals surface area contributed by atoms with Crippen LogP contribution in [0.25, 0.3) is 0 Å². The van der Waals surface area contributed by atoms with Crippen LogP contribution in [0, 0.1) is 5.41 Å². The van der Waals surface area contributed by atoms with Gasteiger partial charge in [0.2, 0.25) is 5.91 Å². The minimum Gasteiger partial charge on any atom is -0.497 e. The van der Waals surface area contributed by atoms with E-state index in [9.17, 15) is 9.90 Å². The second-order valence-corrected chi connectivity index (χ2v) is 6.70. The topological polar surface area (TPSA) is 58.6 Å². The summed E-state index contributed by atoms with van der Waals surface area (Å²) in [6.07, 6.45) is -0.388. The number of amides is 1. The van der Waals surface area contributed by atoms with Gasteiger partial charge >= 0.3 is 0 Å². The minimum atomic E-state index is -1.00. The number of carbonyl (C=O) groups excluding carboxylic acids is 1. The summed E-state index contributed by atoms with van der Waals surface area (Å²) in [5, 5.41) is 12.7. The van der Waals surface area contributed by atoms with Gasteiger partial charge in [0.1, 0.15) is 10.1 Å². The lowest BCUT2D eigenvalue weighted by Crippen LogP contribution is -2.36. The molecule has 1 aliphatic carbocycles. The van der Waals surface area contributed by atoms with Crippen LogP contribution in [0.15, 0.2) is 24.3 Å². The fraction of sp³-hybridized carbons (Fsp3) is 0.500. The van der Waals surface area contributed by atoms with E-state index in [0.717, 1.165) is 0 Å². The number of aliphatic hydroxyl groups excluding tert-OH is 1. The number of halogens is 2. The predicted molar refractivity (Wildman–Crippen MR) is 78.1 cm³/mol. The van der Waals surface area contributed by atoms with Crippen molar-refractivity contribution < 1.29 is 14.6 Å². The van der Waals surface area contributed by atoms with Crippen molar-refractivity contribution in [3.8, 4) is 5.75 Å². The molecule has 6 heteroatoms. The standard InChI is InChI=1S/C14H17Cl2NO3/c1-13(8-14(13,15)16)12(19)17-7-11(18)9-4-3-5-10(6-9)20-2/h3-6,11,18H,7-8H2,1-2H3,(H,17,19)/t11-,13-/m1/s1.